The Bertz CT molecular complexity index is 593. The summed E-state index contributed by atoms with van der Waals surface area (Å²) in [4.78, 5) is 11.8. The van der Waals surface area contributed by atoms with E-state index in [1.807, 2.05) is 24.3 Å². The van der Waals surface area contributed by atoms with Gasteiger partial charge in [0.25, 0.3) is 0 Å². The molecule has 3 nitrogen and oxygen atoms in total. The smallest absolute Gasteiger partial charge is 0.225 e. The highest BCUT2D eigenvalue weighted by Crippen LogP contribution is 2.10. The number of hydrogen-bond acceptors (Lipinski definition) is 2. The number of rotatable bonds is 7. The van der Waals surface area contributed by atoms with Crippen molar-refractivity contribution in [2.75, 3.05) is 11.9 Å². The number of hydrogen-bond donors (Lipinski definition) is 2. The zero-order valence-corrected chi connectivity index (χ0v) is 12.7. The molecule has 0 heterocycles. The average molecular weight is 300 g/mol. The van der Waals surface area contributed by atoms with Crippen LogP contribution >= 0.6 is 0 Å². The summed E-state index contributed by atoms with van der Waals surface area (Å²) in [7, 11) is 0. The molecule has 1 amide bonds. The van der Waals surface area contributed by atoms with Crippen LogP contribution in [0.4, 0.5) is 10.1 Å². The van der Waals surface area contributed by atoms with E-state index in [1.165, 1.54) is 17.7 Å². The number of nitrogens with one attached hydrogen (secondary N) is 2. The van der Waals surface area contributed by atoms with Crippen LogP contribution in [-0.4, -0.2) is 12.5 Å². The van der Waals surface area contributed by atoms with Gasteiger partial charge in [0.2, 0.25) is 5.91 Å². The molecule has 2 rings (SSSR count). The molecule has 0 fully saturated rings. The van der Waals surface area contributed by atoms with Gasteiger partial charge in [0.15, 0.2) is 0 Å². The van der Waals surface area contributed by atoms with Crippen molar-refractivity contribution in [1.82, 2.24) is 5.32 Å². The topological polar surface area (TPSA) is 41.1 Å². The van der Waals surface area contributed by atoms with Gasteiger partial charge < -0.3 is 10.6 Å². The molecule has 2 aromatic carbocycles. The van der Waals surface area contributed by atoms with Gasteiger partial charge in [-0.15, -0.1) is 0 Å². The van der Waals surface area contributed by atoms with Crippen molar-refractivity contribution in [3.05, 3.63) is 65.5 Å². The van der Waals surface area contributed by atoms with Crippen LogP contribution in [0.5, 0.6) is 0 Å². The van der Waals surface area contributed by atoms with Crippen molar-refractivity contribution in [2.45, 2.75) is 26.3 Å². The Hall–Kier alpha value is -2.20. The Morgan fingerprint density at radius 1 is 1.00 bits per heavy atom. The number of carbonyl (C=O) groups excluding carboxylic acids is 1. The van der Waals surface area contributed by atoms with Gasteiger partial charge in [-0.1, -0.05) is 31.2 Å². The molecule has 0 aromatic heterocycles. The lowest BCUT2D eigenvalue weighted by Gasteiger charge is -2.07. The van der Waals surface area contributed by atoms with E-state index in [0.717, 1.165) is 17.7 Å². The number of carbonyl (C=O) groups is 1. The predicted molar refractivity (Wildman–Crippen MR) is 87.2 cm³/mol. The van der Waals surface area contributed by atoms with Crippen LogP contribution in [0.2, 0.25) is 0 Å². The molecule has 0 saturated heterocycles. The minimum atomic E-state index is -0.239. The summed E-state index contributed by atoms with van der Waals surface area (Å²) < 4.78 is 12.8. The average Bonchev–Trinajstić information content (AvgIpc) is 2.54. The standard InChI is InChI=1S/C18H21FN2O/c1-2-14-5-9-17(10-6-14)21-18(22)11-12-20-13-15-3-7-16(19)8-4-15/h3-10,20H,2,11-13H2,1H3,(H,21,22). The molecular formula is C18H21FN2O. The first kappa shape index (κ1) is 16.2. The van der Waals surface area contributed by atoms with Crippen LogP contribution < -0.4 is 10.6 Å². The van der Waals surface area contributed by atoms with Crippen molar-refractivity contribution in [3.8, 4) is 0 Å². The van der Waals surface area contributed by atoms with Crippen molar-refractivity contribution < 1.29 is 9.18 Å². The fraction of sp³-hybridized carbons (Fsp3) is 0.278. The summed E-state index contributed by atoms with van der Waals surface area (Å²) in [6.45, 7) is 3.30. The number of aryl methyl sites for hydroxylation is 1. The number of amides is 1. The summed E-state index contributed by atoms with van der Waals surface area (Å²) in [5.41, 5.74) is 3.07. The lowest BCUT2D eigenvalue weighted by molar-refractivity contribution is -0.116. The molecule has 0 aliphatic carbocycles. The van der Waals surface area contributed by atoms with Crippen LogP contribution in [0.1, 0.15) is 24.5 Å². The van der Waals surface area contributed by atoms with Gasteiger partial charge in [-0.05, 0) is 41.8 Å². The fourth-order valence-corrected chi connectivity index (χ4v) is 2.08. The SMILES string of the molecule is CCc1ccc(NC(=O)CCNCc2ccc(F)cc2)cc1. The number of anilines is 1. The van der Waals surface area contributed by atoms with E-state index < -0.39 is 0 Å². The van der Waals surface area contributed by atoms with Crippen molar-refractivity contribution >= 4 is 11.6 Å². The van der Waals surface area contributed by atoms with Gasteiger partial charge in [-0.25, -0.2) is 4.39 Å². The maximum absolute atomic E-state index is 12.8. The van der Waals surface area contributed by atoms with Crippen molar-refractivity contribution in [1.29, 1.82) is 0 Å². The van der Waals surface area contributed by atoms with E-state index >= 15 is 0 Å². The van der Waals surface area contributed by atoms with Crippen LogP contribution in [0.3, 0.4) is 0 Å². The zero-order valence-electron chi connectivity index (χ0n) is 12.7. The second-order valence-electron chi connectivity index (χ2n) is 5.15. The van der Waals surface area contributed by atoms with Gasteiger partial charge in [0.05, 0.1) is 0 Å². The Kier molecular flexibility index (Phi) is 6.10. The second kappa shape index (κ2) is 8.29. The second-order valence-corrected chi connectivity index (χ2v) is 5.15. The first-order valence-corrected chi connectivity index (χ1v) is 7.51. The Balaban J connectivity index is 1.67. The molecule has 2 N–H and O–H groups in total. The van der Waals surface area contributed by atoms with Gasteiger partial charge in [-0.3, -0.25) is 4.79 Å². The molecule has 0 atom stereocenters. The minimum Gasteiger partial charge on any atom is -0.326 e. The van der Waals surface area contributed by atoms with Gasteiger partial charge in [-0.2, -0.15) is 0 Å². The molecule has 22 heavy (non-hydrogen) atoms. The summed E-state index contributed by atoms with van der Waals surface area (Å²) >= 11 is 0. The first-order chi connectivity index (χ1) is 10.7. The van der Waals surface area contributed by atoms with Crippen molar-refractivity contribution in [2.24, 2.45) is 0 Å². The normalized spacial score (nSPS) is 10.5. The van der Waals surface area contributed by atoms with E-state index in [9.17, 15) is 9.18 Å². The predicted octanol–water partition coefficient (Wildman–Crippen LogP) is 3.51. The van der Waals surface area contributed by atoms with Crippen LogP contribution in [0, 0.1) is 5.82 Å². The van der Waals surface area contributed by atoms with E-state index in [1.54, 1.807) is 12.1 Å². The lowest BCUT2D eigenvalue weighted by atomic mass is 10.1. The molecule has 4 heteroatoms. The first-order valence-electron chi connectivity index (χ1n) is 7.51. The molecule has 0 aliphatic heterocycles. The maximum Gasteiger partial charge on any atom is 0.225 e. The molecule has 2 aromatic rings. The molecule has 116 valence electrons. The summed E-state index contributed by atoms with van der Waals surface area (Å²) in [6.07, 6.45) is 1.39. The summed E-state index contributed by atoms with van der Waals surface area (Å²) in [5.74, 6) is -0.256. The zero-order chi connectivity index (χ0) is 15.8. The lowest BCUT2D eigenvalue weighted by Crippen LogP contribution is -2.21. The quantitative estimate of drug-likeness (QED) is 0.768. The van der Waals surface area contributed by atoms with Crippen LogP contribution in [0.25, 0.3) is 0 Å². The van der Waals surface area contributed by atoms with Crippen molar-refractivity contribution in [3.63, 3.8) is 0 Å². The van der Waals surface area contributed by atoms with E-state index in [4.69, 9.17) is 0 Å². The Morgan fingerprint density at radius 3 is 2.27 bits per heavy atom. The highest BCUT2D eigenvalue weighted by atomic mass is 19.1. The van der Waals surface area contributed by atoms with Crippen LogP contribution in [0.15, 0.2) is 48.5 Å². The van der Waals surface area contributed by atoms with Gasteiger partial charge in [0.1, 0.15) is 5.82 Å². The fourth-order valence-electron chi connectivity index (χ4n) is 2.08. The Morgan fingerprint density at radius 2 is 1.64 bits per heavy atom. The largest absolute Gasteiger partial charge is 0.326 e. The maximum atomic E-state index is 12.8. The number of benzene rings is 2. The molecule has 0 aliphatic rings. The van der Waals surface area contributed by atoms with E-state index in [0.29, 0.717) is 19.5 Å². The third-order valence-corrected chi connectivity index (χ3v) is 3.42. The third-order valence-electron chi connectivity index (χ3n) is 3.42. The van der Waals surface area contributed by atoms with E-state index in [2.05, 4.69) is 17.6 Å². The van der Waals surface area contributed by atoms with Gasteiger partial charge >= 0.3 is 0 Å². The summed E-state index contributed by atoms with van der Waals surface area (Å²) in [6, 6.07) is 14.2. The monoisotopic (exact) mass is 300 g/mol. The van der Waals surface area contributed by atoms with Crippen LogP contribution in [-0.2, 0) is 17.8 Å². The molecule has 0 unspecified atom stereocenters. The Labute approximate surface area is 130 Å². The minimum absolute atomic E-state index is 0.0177. The molecule has 0 radical (unpaired) electrons. The molecule has 0 saturated carbocycles. The summed E-state index contributed by atoms with van der Waals surface area (Å²) in [5, 5.41) is 6.04. The third kappa shape index (κ3) is 5.30. The molecule has 0 spiro atoms. The van der Waals surface area contributed by atoms with E-state index in [-0.39, 0.29) is 11.7 Å². The highest BCUT2D eigenvalue weighted by molar-refractivity contribution is 5.90. The highest BCUT2D eigenvalue weighted by Gasteiger charge is 2.02. The molecule has 0 bridgehead atoms. The van der Waals surface area contributed by atoms with Gasteiger partial charge in [0, 0.05) is 25.2 Å². The molecular weight excluding hydrogens is 279 g/mol. The number of halogens is 1.